The van der Waals surface area contributed by atoms with Crippen LogP contribution in [0.4, 0.5) is 5.69 Å². The van der Waals surface area contributed by atoms with Gasteiger partial charge < -0.3 is 15.1 Å². The number of hydrogen-bond acceptors (Lipinski definition) is 5. The molecule has 28 heavy (non-hydrogen) atoms. The Hall–Kier alpha value is -1.60. The number of halogens is 2. The molecule has 0 atom stereocenters. The van der Waals surface area contributed by atoms with E-state index in [4.69, 9.17) is 4.98 Å². The van der Waals surface area contributed by atoms with Crippen LogP contribution in [0.1, 0.15) is 12.1 Å². The fraction of sp³-hybridized carbons (Fsp3) is 0.500. The van der Waals surface area contributed by atoms with Gasteiger partial charge in [0.2, 0.25) is 0 Å². The maximum atomic E-state index is 4.82. The molecule has 1 fully saturated rings. The second-order valence-corrected chi connectivity index (χ2v) is 7.34. The summed E-state index contributed by atoms with van der Waals surface area (Å²) in [6, 6.07) is 8.35. The second kappa shape index (κ2) is 9.74. The van der Waals surface area contributed by atoms with Crippen molar-refractivity contribution in [3.05, 3.63) is 30.0 Å². The van der Waals surface area contributed by atoms with Crippen molar-refractivity contribution in [2.24, 2.45) is 7.05 Å². The lowest BCUT2D eigenvalue weighted by Crippen LogP contribution is -2.44. The number of aryl methyl sites for hydroxylation is 2. The van der Waals surface area contributed by atoms with E-state index in [0.29, 0.717) is 0 Å². The van der Waals surface area contributed by atoms with E-state index in [0.717, 1.165) is 41.8 Å². The number of piperazine rings is 1. The molecular weight excluding hydrogens is 395 g/mol. The summed E-state index contributed by atoms with van der Waals surface area (Å²) < 4.78 is 1.88. The van der Waals surface area contributed by atoms with Gasteiger partial charge in [0.15, 0.2) is 5.65 Å². The van der Waals surface area contributed by atoms with E-state index in [1.807, 2.05) is 17.8 Å². The zero-order chi connectivity index (χ0) is 18.1. The van der Waals surface area contributed by atoms with Crippen LogP contribution in [0.5, 0.6) is 0 Å². The largest absolute Gasteiger partial charge is 0.384 e. The van der Waals surface area contributed by atoms with E-state index < -0.39 is 0 Å². The van der Waals surface area contributed by atoms with Gasteiger partial charge in [-0.1, -0.05) is 18.2 Å². The van der Waals surface area contributed by atoms with E-state index in [1.54, 1.807) is 0 Å². The van der Waals surface area contributed by atoms with Gasteiger partial charge in [0, 0.05) is 45.2 Å². The number of pyridine rings is 1. The first kappa shape index (κ1) is 22.7. The van der Waals surface area contributed by atoms with Crippen LogP contribution in [0.2, 0.25) is 0 Å². The van der Waals surface area contributed by atoms with Crippen molar-refractivity contribution in [2.45, 2.75) is 13.3 Å². The van der Waals surface area contributed by atoms with Crippen molar-refractivity contribution < 1.29 is 0 Å². The zero-order valence-electron chi connectivity index (χ0n) is 16.8. The summed E-state index contributed by atoms with van der Waals surface area (Å²) in [7, 11) is 4.17. The van der Waals surface area contributed by atoms with Crippen LogP contribution >= 0.6 is 24.8 Å². The van der Waals surface area contributed by atoms with E-state index in [1.165, 1.54) is 37.3 Å². The molecule has 0 unspecified atom stereocenters. The van der Waals surface area contributed by atoms with Crippen molar-refractivity contribution in [3.8, 4) is 0 Å². The summed E-state index contributed by atoms with van der Waals surface area (Å²) in [6.07, 6.45) is 1.14. The van der Waals surface area contributed by atoms with Crippen LogP contribution in [0.25, 0.3) is 21.9 Å². The molecule has 1 N–H and O–H groups in total. The number of rotatable bonds is 5. The monoisotopic (exact) mass is 424 g/mol. The number of fused-ring (bicyclic) bond motifs is 2. The summed E-state index contributed by atoms with van der Waals surface area (Å²) >= 11 is 0. The number of nitrogens with one attached hydrogen (secondary N) is 1. The Morgan fingerprint density at radius 2 is 1.75 bits per heavy atom. The predicted molar refractivity (Wildman–Crippen MR) is 122 cm³/mol. The summed E-state index contributed by atoms with van der Waals surface area (Å²) in [5.74, 6) is 0. The number of aromatic nitrogens is 3. The Morgan fingerprint density at radius 3 is 2.50 bits per heavy atom. The highest BCUT2D eigenvalue weighted by atomic mass is 35.5. The number of nitrogens with zero attached hydrogens (tertiary/aromatic N) is 5. The van der Waals surface area contributed by atoms with Crippen LogP contribution < -0.4 is 5.32 Å². The maximum Gasteiger partial charge on any atom is 0.160 e. The number of likely N-dealkylation sites (N-methyl/N-ethyl adjacent to an activating group) is 1. The average Bonchev–Trinajstić information content (AvgIpc) is 2.93. The minimum atomic E-state index is 0. The Morgan fingerprint density at radius 1 is 1.04 bits per heavy atom. The normalized spacial score (nSPS) is 15.4. The van der Waals surface area contributed by atoms with Gasteiger partial charge in [0.05, 0.1) is 22.3 Å². The second-order valence-electron chi connectivity index (χ2n) is 7.34. The van der Waals surface area contributed by atoms with Crippen molar-refractivity contribution in [3.63, 3.8) is 0 Å². The molecule has 154 valence electrons. The molecule has 0 spiro atoms. The Bertz CT molecular complexity index is 918. The third kappa shape index (κ3) is 4.51. The van der Waals surface area contributed by atoms with Crippen LogP contribution in [0, 0.1) is 6.92 Å². The first-order valence-electron chi connectivity index (χ1n) is 9.50. The molecule has 0 radical (unpaired) electrons. The summed E-state index contributed by atoms with van der Waals surface area (Å²) in [4.78, 5) is 9.78. The Labute approximate surface area is 179 Å². The lowest BCUT2D eigenvalue weighted by atomic mass is 10.1. The third-order valence-electron chi connectivity index (χ3n) is 5.39. The van der Waals surface area contributed by atoms with Gasteiger partial charge in [-0.2, -0.15) is 5.10 Å². The molecule has 1 aromatic carbocycles. The maximum absolute atomic E-state index is 4.82. The van der Waals surface area contributed by atoms with Gasteiger partial charge in [0.1, 0.15) is 0 Å². The highest BCUT2D eigenvalue weighted by molar-refractivity contribution is 6.07. The van der Waals surface area contributed by atoms with E-state index >= 15 is 0 Å². The van der Waals surface area contributed by atoms with Crippen LogP contribution in [0.3, 0.4) is 0 Å². The summed E-state index contributed by atoms with van der Waals surface area (Å²) in [5.41, 5.74) is 4.17. The molecule has 8 heteroatoms. The molecule has 2 aromatic heterocycles. The Balaban J connectivity index is 0.00000140. The highest BCUT2D eigenvalue weighted by Gasteiger charge is 2.16. The fourth-order valence-corrected chi connectivity index (χ4v) is 3.87. The van der Waals surface area contributed by atoms with Crippen molar-refractivity contribution in [2.75, 3.05) is 51.6 Å². The van der Waals surface area contributed by atoms with Crippen molar-refractivity contribution in [1.29, 1.82) is 0 Å². The molecule has 1 aliphatic heterocycles. The van der Waals surface area contributed by atoms with Crippen LogP contribution in [-0.4, -0.2) is 70.9 Å². The number of anilines is 1. The molecule has 4 rings (SSSR count). The smallest absolute Gasteiger partial charge is 0.160 e. The SMILES string of the molecule is Cc1nn(C)c2nc3ccccc3c(NCCCN3CCN(C)CC3)c12.Cl.Cl. The molecule has 3 heterocycles. The first-order valence-corrected chi connectivity index (χ1v) is 9.50. The number of hydrogen-bond donors (Lipinski definition) is 1. The standard InChI is InChI=1S/C20H28N6.2ClH/c1-15-18-19(21-9-6-10-26-13-11-24(2)12-14-26)16-7-4-5-8-17(16)22-20(18)25(3)23-15;;/h4-5,7-8H,6,9-14H2,1-3H3,(H,21,22);2*1H. The van der Waals surface area contributed by atoms with Gasteiger partial charge >= 0.3 is 0 Å². The van der Waals surface area contributed by atoms with E-state index in [2.05, 4.69) is 52.4 Å². The van der Waals surface area contributed by atoms with Crippen molar-refractivity contribution in [1.82, 2.24) is 24.6 Å². The fourth-order valence-electron chi connectivity index (χ4n) is 3.87. The highest BCUT2D eigenvalue weighted by Crippen LogP contribution is 2.32. The van der Waals surface area contributed by atoms with E-state index in [9.17, 15) is 0 Å². The molecule has 0 saturated carbocycles. The van der Waals surface area contributed by atoms with Gasteiger partial charge in [-0.15, -0.1) is 24.8 Å². The molecular formula is C20H30Cl2N6. The quantitative estimate of drug-likeness (QED) is 0.636. The number of para-hydroxylation sites is 1. The lowest BCUT2D eigenvalue weighted by molar-refractivity contribution is 0.154. The summed E-state index contributed by atoms with van der Waals surface area (Å²) in [6.45, 7) is 8.90. The molecule has 3 aromatic rings. The molecule has 0 bridgehead atoms. The van der Waals surface area contributed by atoms with Crippen molar-refractivity contribution >= 4 is 52.4 Å². The average molecular weight is 425 g/mol. The van der Waals surface area contributed by atoms with E-state index in [-0.39, 0.29) is 24.8 Å². The lowest BCUT2D eigenvalue weighted by Gasteiger charge is -2.32. The minimum Gasteiger partial charge on any atom is -0.384 e. The topological polar surface area (TPSA) is 49.2 Å². The molecule has 1 aliphatic rings. The van der Waals surface area contributed by atoms with Gasteiger partial charge in [-0.3, -0.25) is 4.68 Å². The predicted octanol–water partition coefficient (Wildman–Crippen LogP) is 3.32. The third-order valence-corrected chi connectivity index (χ3v) is 5.39. The van der Waals surface area contributed by atoms with Gasteiger partial charge in [-0.25, -0.2) is 4.98 Å². The molecule has 1 saturated heterocycles. The summed E-state index contributed by atoms with van der Waals surface area (Å²) in [5, 5.41) is 10.6. The van der Waals surface area contributed by atoms with Gasteiger partial charge in [-0.05, 0) is 33.0 Å². The zero-order valence-corrected chi connectivity index (χ0v) is 18.4. The van der Waals surface area contributed by atoms with Crippen LogP contribution in [-0.2, 0) is 7.05 Å². The first-order chi connectivity index (χ1) is 12.6. The molecule has 0 amide bonds. The molecule has 6 nitrogen and oxygen atoms in total. The van der Waals surface area contributed by atoms with Crippen LogP contribution in [0.15, 0.2) is 24.3 Å². The van der Waals surface area contributed by atoms with Gasteiger partial charge in [0.25, 0.3) is 0 Å². The molecule has 0 aliphatic carbocycles. The minimum absolute atomic E-state index is 0. The Kier molecular flexibility index (Phi) is 7.89. The number of benzene rings is 1.